The number of carbonyl (C=O) groups excluding carboxylic acids is 1. The zero-order valence-corrected chi connectivity index (χ0v) is 33.0. The van der Waals surface area contributed by atoms with Crippen molar-refractivity contribution in [1.82, 2.24) is 30.4 Å². The Bertz CT molecular complexity index is 2440. The number of benzene rings is 4. The first kappa shape index (κ1) is 39.1. The van der Waals surface area contributed by atoms with Crippen molar-refractivity contribution in [3.63, 3.8) is 0 Å². The molecule has 298 valence electrons. The van der Waals surface area contributed by atoms with Gasteiger partial charge >= 0.3 is 5.97 Å². The Morgan fingerprint density at radius 3 is 2.36 bits per heavy atom. The molecule has 1 amide bonds. The first-order valence-corrected chi connectivity index (χ1v) is 20.6. The number of thiazole rings is 1. The number of anilines is 1. The third kappa shape index (κ3) is 9.69. The number of carbonyl (C=O) groups is 2. The number of nitrogens with one attached hydrogen (secondary N) is 4. The Hall–Kier alpha value is -5.70. The normalized spacial score (nSPS) is 17.2. The van der Waals surface area contributed by atoms with E-state index < -0.39 is 11.9 Å². The van der Waals surface area contributed by atoms with Crippen molar-refractivity contribution in [3.05, 3.63) is 136 Å². The molecule has 2 fully saturated rings. The average Bonchev–Trinajstić information content (AvgIpc) is 4.05. The monoisotopic (exact) mass is 797 g/mol. The maximum absolute atomic E-state index is 13.6. The maximum atomic E-state index is 13.6. The van der Waals surface area contributed by atoms with Crippen LogP contribution in [0.25, 0.3) is 32.9 Å². The van der Waals surface area contributed by atoms with Gasteiger partial charge in [-0.2, -0.15) is 5.10 Å². The van der Waals surface area contributed by atoms with Crippen LogP contribution >= 0.6 is 11.3 Å². The molecular weight excluding hydrogens is 751 g/mol. The number of hydrogen-bond donors (Lipinski definition) is 5. The van der Waals surface area contributed by atoms with Crippen molar-refractivity contribution in [2.45, 2.75) is 57.6 Å². The third-order valence-electron chi connectivity index (χ3n) is 10.5. The van der Waals surface area contributed by atoms with Gasteiger partial charge in [0, 0.05) is 35.6 Å². The lowest BCUT2D eigenvalue weighted by Gasteiger charge is -2.32. The molecule has 2 unspecified atom stereocenters. The second kappa shape index (κ2) is 18.7. The minimum absolute atomic E-state index is 0.0763. The number of ether oxygens (including phenoxy) is 2. The molecule has 3 aromatic heterocycles. The summed E-state index contributed by atoms with van der Waals surface area (Å²) in [6.07, 6.45) is 8.38. The summed E-state index contributed by atoms with van der Waals surface area (Å²) >= 11 is 1.04. The van der Waals surface area contributed by atoms with Gasteiger partial charge in [-0.1, -0.05) is 72.8 Å². The number of carboxylic acids is 1. The predicted octanol–water partition coefficient (Wildman–Crippen LogP) is 8.25. The van der Waals surface area contributed by atoms with E-state index in [0.717, 1.165) is 90.1 Å². The number of nitrogens with zero attached hydrogens (tertiary/aromatic N) is 3. The molecule has 58 heavy (non-hydrogen) atoms. The van der Waals surface area contributed by atoms with Crippen LogP contribution in [0.15, 0.2) is 109 Å². The van der Waals surface area contributed by atoms with Crippen molar-refractivity contribution in [3.8, 4) is 11.1 Å². The zero-order chi connectivity index (χ0) is 39.7. The summed E-state index contributed by atoms with van der Waals surface area (Å²) in [5.41, 5.74) is 6.44. The van der Waals surface area contributed by atoms with Gasteiger partial charge < -0.3 is 30.2 Å². The van der Waals surface area contributed by atoms with Crippen LogP contribution in [0.4, 0.5) is 5.69 Å². The van der Waals surface area contributed by atoms with Crippen LogP contribution in [0, 0.1) is 0 Å². The van der Waals surface area contributed by atoms with Crippen LogP contribution in [0.3, 0.4) is 0 Å². The standard InChI is InChI=1S/C33H30N6O4S.C12H17NO/c40-32(36-27-14-21(15-28-25(27)16-35-38-28)23-9-4-10-26-24(23)11-12-34-26)30-31(33(41)42)44-29(37-30)18-39-13-5-8-22(17-39)43-19-20-6-2-1-3-7-20;1-2-5-11(6-3-1)10-14-12-7-4-8-13-9-12/h1-4,6-7,9-12,14-16,22,34H,5,8,13,17-19H2,(H,35,38)(H,36,40)(H,41,42);1-3,5-6,12-13H,4,7-10H2. The molecule has 0 radical (unpaired) electrons. The van der Waals surface area contributed by atoms with Gasteiger partial charge in [-0.3, -0.25) is 14.8 Å². The highest BCUT2D eigenvalue weighted by Crippen LogP contribution is 2.34. The van der Waals surface area contributed by atoms with E-state index >= 15 is 0 Å². The van der Waals surface area contributed by atoms with Gasteiger partial charge in [0.2, 0.25) is 0 Å². The number of fused-ring (bicyclic) bond motifs is 2. The van der Waals surface area contributed by atoms with Crippen LogP contribution in [-0.2, 0) is 29.2 Å². The number of aromatic carboxylic acids is 1. The molecule has 0 aliphatic carbocycles. The molecular formula is C45H47N7O5S. The van der Waals surface area contributed by atoms with Crippen molar-refractivity contribution >= 4 is 50.7 Å². The molecule has 7 aromatic rings. The Labute approximate surface area is 340 Å². The lowest BCUT2D eigenvalue weighted by Crippen LogP contribution is -2.39. The molecule has 5 heterocycles. The SMILES string of the molecule is O=C(Nc1cc(-c2cccc3[nH]ccc23)cc2[nH]ncc12)c1nc(CN2CCCC(OCc3ccccc3)C2)sc1C(=O)O.c1ccc(COC2CCCNC2)cc1. The summed E-state index contributed by atoms with van der Waals surface area (Å²) in [5.74, 6) is -1.75. The van der Waals surface area contributed by atoms with Crippen molar-refractivity contribution < 1.29 is 24.2 Å². The molecule has 2 aliphatic rings. The van der Waals surface area contributed by atoms with Gasteiger partial charge in [-0.25, -0.2) is 9.78 Å². The summed E-state index contributed by atoms with van der Waals surface area (Å²) in [7, 11) is 0. The van der Waals surface area contributed by atoms with Crippen LogP contribution in [-0.4, -0.2) is 80.4 Å². The zero-order valence-electron chi connectivity index (χ0n) is 32.2. The van der Waals surface area contributed by atoms with Gasteiger partial charge in [-0.05, 0) is 85.3 Å². The summed E-state index contributed by atoms with van der Waals surface area (Å²) in [6, 6.07) is 32.3. The van der Waals surface area contributed by atoms with E-state index in [2.05, 4.69) is 60.0 Å². The lowest BCUT2D eigenvalue weighted by molar-refractivity contribution is -0.0120. The highest BCUT2D eigenvalue weighted by Gasteiger charge is 2.27. The Morgan fingerprint density at radius 2 is 1.62 bits per heavy atom. The molecule has 0 bridgehead atoms. The number of aromatic amines is 2. The van der Waals surface area contributed by atoms with E-state index in [4.69, 9.17) is 9.47 Å². The number of likely N-dealkylation sites (tertiary alicyclic amines) is 1. The molecule has 9 rings (SSSR count). The minimum atomic E-state index is -1.18. The quantitative estimate of drug-likeness (QED) is 0.0821. The highest BCUT2D eigenvalue weighted by atomic mass is 32.1. The lowest BCUT2D eigenvalue weighted by atomic mass is 9.99. The van der Waals surface area contributed by atoms with E-state index in [9.17, 15) is 14.7 Å². The highest BCUT2D eigenvalue weighted by molar-refractivity contribution is 7.13. The number of piperidine rings is 2. The number of rotatable bonds is 12. The molecule has 0 spiro atoms. The fourth-order valence-electron chi connectivity index (χ4n) is 7.58. The van der Waals surface area contributed by atoms with E-state index in [1.165, 1.54) is 18.4 Å². The van der Waals surface area contributed by atoms with Crippen molar-refractivity contribution in [2.24, 2.45) is 0 Å². The van der Waals surface area contributed by atoms with E-state index in [0.29, 0.717) is 35.3 Å². The number of amides is 1. The summed E-state index contributed by atoms with van der Waals surface area (Å²) < 4.78 is 12.0. The van der Waals surface area contributed by atoms with Gasteiger partial charge in [0.1, 0.15) is 9.88 Å². The fourth-order valence-corrected chi connectivity index (χ4v) is 8.52. The van der Waals surface area contributed by atoms with Gasteiger partial charge in [0.15, 0.2) is 5.69 Å². The number of H-pyrrole nitrogens is 2. The molecule has 2 atom stereocenters. The Morgan fingerprint density at radius 1 is 0.862 bits per heavy atom. The second-order valence-corrected chi connectivity index (χ2v) is 15.8. The molecule has 2 aliphatic heterocycles. The molecule has 5 N–H and O–H groups in total. The van der Waals surface area contributed by atoms with Crippen molar-refractivity contribution in [1.29, 1.82) is 0 Å². The van der Waals surface area contributed by atoms with Crippen LogP contribution in [0.2, 0.25) is 0 Å². The topological polar surface area (TPSA) is 157 Å². The fraction of sp³-hybridized carbons (Fsp3) is 0.289. The Kier molecular flexibility index (Phi) is 12.6. The predicted molar refractivity (Wildman–Crippen MR) is 227 cm³/mol. The average molecular weight is 798 g/mol. The van der Waals surface area contributed by atoms with Crippen LogP contribution in [0.1, 0.15) is 62.0 Å². The first-order valence-electron chi connectivity index (χ1n) is 19.8. The van der Waals surface area contributed by atoms with Gasteiger partial charge in [0.05, 0.1) is 49.4 Å². The van der Waals surface area contributed by atoms with E-state index in [-0.39, 0.29) is 16.7 Å². The maximum Gasteiger partial charge on any atom is 0.348 e. The minimum Gasteiger partial charge on any atom is -0.477 e. The number of aromatic nitrogens is 4. The van der Waals surface area contributed by atoms with Gasteiger partial charge in [0.25, 0.3) is 5.91 Å². The van der Waals surface area contributed by atoms with Crippen LogP contribution < -0.4 is 10.6 Å². The van der Waals surface area contributed by atoms with Crippen molar-refractivity contribution in [2.75, 3.05) is 31.5 Å². The van der Waals surface area contributed by atoms with Gasteiger partial charge in [-0.15, -0.1) is 11.3 Å². The molecule has 13 heteroatoms. The third-order valence-corrected chi connectivity index (χ3v) is 11.6. The van der Waals surface area contributed by atoms with E-state index in [1.54, 1.807) is 6.20 Å². The molecule has 0 saturated carbocycles. The summed E-state index contributed by atoms with van der Waals surface area (Å²) in [6.45, 7) is 5.47. The smallest absolute Gasteiger partial charge is 0.348 e. The first-order chi connectivity index (χ1) is 28.5. The summed E-state index contributed by atoms with van der Waals surface area (Å²) in [4.78, 5) is 35.7. The number of carboxylic acid groups (broad SMARTS) is 1. The summed E-state index contributed by atoms with van der Waals surface area (Å²) in [5, 5.41) is 25.8. The number of hydrogen-bond acceptors (Lipinski definition) is 9. The molecule has 4 aromatic carbocycles. The van der Waals surface area contributed by atoms with E-state index in [1.807, 2.05) is 79.0 Å². The Balaban J connectivity index is 0.000000283. The second-order valence-electron chi connectivity index (χ2n) is 14.7. The van der Waals surface area contributed by atoms with Crippen LogP contribution in [0.5, 0.6) is 0 Å². The molecule has 12 nitrogen and oxygen atoms in total. The largest absolute Gasteiger partial charge is 0.477 e. The molecule has 2 saturated heterocycles.